The molecule has 0 nitrogen and oxygen atoms in total. The van der Waals surface area contributed by atoms with Crippen molar-refractivity contribution < 1.29 is 0 Å². The zero-order chi connectivity index (χ0) is 27.7. The van der Waals surface area contributed by atoms with Crippen LogP contribution in [0.3, 0.4) is 0 Å². The molecule has 1 unspecified atom stereocenters. The van der Waals surface area contributed by atoms with Crippen molar-refractivity contribution in [2.45, 2.75) is 32.7 Å². The van der Waals surface area contributed by atoms with Crippen molar-refractivity contribution in [3.8, 4) is 22.3 Å². The van der Waals surface area contributed by atoms with Gasteiger partial charge in [0.1, 0.15) is 0 Å². The molecule has 0 N–H and O–H groups in total. The molecule has 0 radical (unpaired) electrons. The van der Waals surface area contributed by atoms with E-state index in [-0.39, 0.29) is 5.04 Å². The highest BCUT2D eigenvalue weighted by molar-refractivity contribution is 7.14. The number of hydrogen-bond donors (Lipinski definition) is 0. The van der Waals surface area contributed by atoms with Crippen LogP contribution in [0.5, 0.6) is 0 Å². The van der Waals surface area contributed by atoms with Crippen LogP contribution in [0.1, 0.15) is 27.7 Å². The van der Waals surface area contributed by atoms with E-state index in [4.69, 9.17) is 0 Å². The van der Waals surface area contributed by atoms with Crippen molar-refractivity contribution in [1.29, 1.82) is 0 Å². The van der Waals surface area contributed by atoms with Crippen LogP contribution in [0.25, 0.3) is 22.3 Å². The van der Waals surface area contributed by atoms with Crippen LogP contribution < -0.4 is 15.6 Å². The van der Waals surface area contributed by atoms with Crippen molar-refractivity contribution in [3.05, 3.63) is 162 Å². The summed E-state index contributed by atoms with van der Waals surface area (Å²) in [5, 5.41) is 4.16. The van der Waals surface area contributed by atoms with E-state index in [1.54, 1.807) is 0 Å². The maximum Gasteiger partial charge on any atom is 0.161 e. The van der Waals surface area contributed by atoms with Crippen LogP contribution in [0.4, 0.5) is 0 Å². The summed E-state index contributed by atoms with van der Waals surface area (Å²) in [7, 11) is -2.72. The summed E-state index contributed by atoms with van der Waals surface area (Å²) >= 11 is 0. The second-order valence-electron chi connectivity index (χ2n) is 11.3. The van der Waals surface area contributed by atoms with E-state index in [1.807, 2.05) is 0 Å². The van der Waals surface area contributed by atoms with Gasteiger partial charge in [-0.25, -0.2) is 0 Å². The van der Waals surface area contributed by atoms with Crippen LogP contribution in [0.2, 0.25) is 5.04 Å². The van der Waals surface area contributed by atoms with E-state index in [0.717, 1.165) is 0 Å². The Hall–Kier alpha value is -4.20. The first-order valence-electron chi connectivity index (χ1n) is 14.2. The van der Waals surface area contributed by atoms with Gasteiger partial charge in [-0.15, -0.1) is 0 Å². The lowest BCUT2D eigenvalue weighted by molar-refractivity contribution is 0.870. The highest BCUT2D eigenvalue weighted by Gasteiger charge is 2.56. The van der Waals surface area contributed by atoms with Crippen LogP contribution in [0.15, 0.2) is 162 Å². The lowest BCUT2D eigenvalue weighted by atomic mass is 10.0. The average Bonchev–Trinajstić information content (AvgIpc) is 3.22. The minimum Gasteiger partial charge on any atom is -0.0730 e. The summed E-state index contributed by atoms with van der Waals surface area (Å²) in [6.45, 7) is 9.47. The summed E-state index contributed by atoms with van der Waals surface area (Å²) in [6.07, 6.45) is 2.58. The molecule has 0 spiro atoms. The van der Waals surface area contributed by atoms with Gasteiger partial charge in [-0.2, -0.15) is 0 Å². The molecule has 1 heteroatoms. The van der Waals surface area contributed by atoms with Gasteiger partial charge in [-0.3, -0.25) is 0 Å². The monoisotopic (exact) mass is 532 g/mol. The topological polar surface area (TPSA) is 0 Å². The first-order valence-corrected chi connectivity index (χ1v) is 16.2. The Balaban J connectivity index is 1.73. The standard InChI is InChI=1S/C39H36Si/c1-29-28-39(4,31(3)30(29)2)40(36-22-12-7-13-23-36,37-24-14-20-34(26-37)32-16-8-5-9-17-32)38-25-15-21-35(27-38)33-18-10-6-11-19-33/h5-28H,1-4H3. The van der Waals surface area contributed by atoms with Gasteiger partial charge in [0, 0.05) is 5.04 Å². The summed E-state index contributed by atoms with van der Waals surface area (Å²) in [5.74, 6) is 0. The van der Waals surface area contributed by atoms with E-state index >= 15 is 0 Å². The molecule has 0 aliphatic heterocycles. The Kier molecular flexibility index (Phi) is 6.78. The van der Waals surface area contributed by atoms with Gasteiger partial charge in [-0.05, 0) is 64.2 Å². The SMILES string of the molecule is CC1=CC(C)([Si](c2ccccc2)(c2cccc(-c3ccccc3)c2)c2cccc(-c3ccccc3)c2)C(C)=C1C. The van der Waals surface area contributed by atoms with E-state index < -0.39 is 8.07 Å². The summed E-state index contributed by atoms with van der Waals surface area (Å²) in [4.78, 5) is 0. The van der Waals surface area contributed by atoms with Gasteiger partial charge < -0.3 is 0 Å². The van der Waals surface area contributed by atoms with Gasteiger partial charge >= 0.3 is 0 Å². The molecule has 1 atom stereocenters. The molecule has 5 aromatic carbocycles. The third-order valence-electron chi connectivity index (χ3n) is 9.23. The third-order valence-corrected chi connectivity index (χ3v) is 14.9. The third kappa shape index (κ3) is 4.13. The van der Waals surface area contributed by atoms with Gasteiger partial charge in [0.15, 0.2) is 8.07 Å². The molecule has 0 heterocycles. The molecule has 0 amide bonds. The molecule has 196 valence electrons. The van der Waals surface area contributed by atoms with Gasteiger partial charge in [-0.1, -0.05) is 164 Å². The Morgan fingerprint density at radius 3 is 1.27 bits per heavy atom. The molecule has 1 aliphatic carbocycles. The van der Waals surface area contributed by atoms with Crippen LogP contribution in [0, 0.1) is 0 Å². The first-order chi connectivity index (χ1) is 19.4. The quantitative estimate of drug-likeness (QED) is 0.152. The van der Waals surface area contributed by atoms with Crippen molar-refractivity contribution in [2.24, 2.45) is 0 Å². The molecule has 0 bridgehead atoms. The molecule has 1 aliphatic rings. The fraction of sp³-hybridized carbons (Fsp3) is 0.128. The Labute approximate surface area is 240 Å². The molecule has 0 aromatic heterocycles. The number of benzene rings is 5. The molecular weight excluding hydrogens is 497 g/mol. The van der Waals surface area contributed by atoms with Gasteiger partial charge in [0.05, 0.1) is 0 Å². The molecule has 5 aromatic rings. The van der Waals surface area contributed by atoms with Crippen LogP contribution in [-0.2, 0) is 0 Å². The number of rotatable bonds is 6. The zero-order valence-corrected chi connectivity index (χ0v) is 24.9. The van der Waals surface area contributed by atoms with E-state index in [9.17, 15) is 0 Å². The van der Waals surface area contributed by atoms with Crippen molar-refractivity contribution >= 4 is 23.6 Å². The number of hydrogen-bond acceptors (Lipinski definition) is 0. The second kappa shape index (κ2) is 10.4. The fourth-order valence-electron chi connectivity index (χ4n) is 6.94. The van der Waals surface area contributed by atoms with E-state index in [0.29, 0.717) is 0 Å². The highest BCUT2D eigenvalue weighted by Crippen LogP contribution is 2.53. The summed E-state index contributed by atoms with van der Waals surface area (Å²) < 4.78 is 0. The molecule has 0 saturated carbocycles. The minimum atomic E-state index is -2.72. The van der Waals surface area contributed by atoms with Gasteiger partial charge in [0.25, 0.3) is 0 Å². The Morgan fingerprint density at radius 2 is 0.850 bits per heavy atom. The molecule has 40 heavy (non-hydrogen) atoms. The van der Waals surface area contributed by atoms with Crippen molar-refractivity contribution in [1.82, 2.24) is 0 Å². The van der Waals surface area contributed by atoms with Crippen LogP contribution in [-0.4, -0.2) is 8.07 Å². The second-order valence-corrected chi connectivity index (χ2v) is 15.6. The lowest BCUT2D eigenvalue weighted by Gasteiger charge is -2.47. The van der Waals surface area contributed by atoms with Crippen LogP contribution >= 0.6 is 0 Å². The Morgan fingerprint density at radius 1 is 0.450 bits per heavy atom. The predicted octanol–water partition coefficient (Wildman–Crippen LogP) is 8.55. The summed E-state index contributed by atoms with van der Waals surface area (Å²) in [5.41, 5.74) is 9.35. The molecule has 0 fully saturated rings. The zero-order valence-electron chi connectivity index (χ0n) is 23.9. The fourth-order valence-corrected chi connectivity index (χ4v) is 13.0. The van der Waals surface area contributed by atoms with Crippen molar-refractivity contribution in [3.63, 3.8) is 0 Å². The molecule has 0 saturated heterocycles. The summed E-state index contributed by atoms with van der Waals surface area (Å²) in [6, 6.07) is 51.8. The lowest BCUT2D eigenvalue weighted by Crippen LogP contribution is -2.73. The largest absolute Gasteiger partial charge is 0.161 e. The normalized spacial score (nSPS) is 17.1. The Bertz CT molecular complexity index is 1630. The average molecular weight is 533 g/mol. The number of allylic oxidation sites excluding steroid dienone is 4. The first kappa shape index (κ1) is 26.0. The van der Waals surface area contributed by atoms with Crippen molar-refractivity contribution in [2.75, 3.05) is 0 Å². The highest BCUT2D eigenvalue weighted by atomic mass is 28.3. The molecule has 6 rings (SSSR count). The van der Waals surface area contributed by atoms with E-state index in [2.05, 4.69) is 173 Å². The maximum absolute atomic E-state index is 2.72. The maximum atomic E-state index is 2.58. The van der Waals surface area contributed by atoms with E-state index in [1.165, 1.54) is 54.5 Å². The minimum absolute atomic E-state index is 0.146. The molecular formula is C39H36Si. The predicted molar refractivity (Wildman–Crippen MR) is 175 cm³/mol. The smallest absolute Gasteiger partial charge is 0.0730 e. The van der Waals surface area contributed by atoms with Gasteiger partial charge in [0.2, 0.25) is 0 Å².